The van der Waals surface area contributed by atoms with E-state index in [4.69, 9.17) is 4.74 Å². The monoisotopic (exact) mass is 264 g/mol. The average molecular weight is 264 g/mol. The number of aliphatic hydroxyl groups excluding tert-OH is 1. The van der Waals surface area contributed by atoms with E-state index in [1.807, 2.05) is 18.2 Å². The lowest BCUT2D eigenvalue weighted by molar-refractivity contribution is 0.0641. The maximum Gasteiger partial charge on any atom is 0.119 e. The van der Waals surface area contributed by atoms with E-state index >= 15 is 0 Å². The summed E-state index contributed by atoms with van der Waals surface area (Å²) < 4.78 is 5.66. The molecule has 106 valence electrons. The van der Waals surface area contributed by atoms with Gasteiger partial charge in [0.05, 0.1) is 0 Å². The highest BCUT2D eigenvalue weighted by Crippen LogP contribution is 2.14. The van der Waals surface area contributed by atoms with E-state index in [1.165, 1.54) is 5.56 Å². The Morgan fingerprint density at radius 2 is 2.16 bits per heavy atom. The summed E-state index contributed by atoms with van der Waals surface area (Å²) in [6.45, 7) is 7.19. The highest BCUT2D eigenvalue weighted by atomic mass is 16.5. The van der Waals surface area contributed by atoms with Crippen molar-refractivity contribution in [1.29, 1.82) is 0 Å². The Morgan fingerprint density at radius 1 is 1.37 bits per heavy atom. The molecule has 1 aliphatic rings. The molecule has 0 saturated carbocycles. The van der Waals surface area contributed by atoms with Crippen LogP contribution in [-0.2, 0) is 6.42 Å². The normalized spacial score (nSPS) is 18.2. The third kappa shape index (κ3) is 4.82. The Kier molecular flexibility index (Phi) is 5.63. The van der Waals surface area contributed by atoms with Crippen LogP contribution in [0.5, 0.6) is 5.75 Å². The summed E-state index contributed by atoms with van der Waals surface area (Å²) in [5, 5.41) is 13.3. The number of ether oxygens (including phenoxy) is 1. The lowest BCUT2D eigenvalue weighted by atomic mass is 10.2. The SMILES string of the molecule is CCc1cccc(OCC(O)CN2CCNCC2)c1. The maximum absolute atomic E-state index is 10.0. The molecule has 1 heterocycles. The summed E-state index contributed by atoms with van der Waals surface area (Å²) in [4.78, 5) is 2.27. The molecule has 2 rings (SSSR count). The van der Waals surface area contributed by atoms with Crippen LogP contribution in [0.3, 0.4) is 0 Å². The first-order chi connectivity index (χ1) is 9.28. The lowest BCUT2D eigenvalue weighted by Crippen LogP contribution is -2.47. The van der Waals surface area contributed by atoms with Gasteiger partial charge in [-0.2, -0.15) is 0 Å². The number of hydrogen-bond donors (Lipinski definition) is 2. The van der Waals surface area contributed by atoms with Crippen LogP contribution in [0.25, 0.3) is 0 Å². The van der Waals surface area contributed by atoms with Crippen LogP contribution < -0.4 is 10.1 Å². The smallest absolute Gasteiger partial charge is 0.119 e. The van der Waals surface area contributed by atoms with E-state index in [0.717, 1.165) is 38.3 Å². The number of β-amino-alcohol motifs (C(OH)–C–C–N with tert-alkyl or cyclic N) is 1. The van der Waals surface area contributed by atoms with Crippen molar-refractivity contribution in [1.82, 2.24) is 10.2 Å². The number of rotatable bonds is 6. The zero-order chi connectivity index (χ0) is 13.5. The molecule has 0 aliphatic carbocycles. The molecule has 1 unspecified atom stereocenters. The molecular formula is C15H24N2O2. The molecule has 4 nitrogen and oxygen atoms in total. The largest absolute Gasteiger partial charge is 0.491 e. The first-order valence-corrected chi connectivity index (χ1v) is 7.11. The first kappa shape index (κ1) is 14.3. The maximum atomic E-state index is 10.0. The van der Waals surface area contributed by atoms with Crippen LogP contribution in [0.4, 0.5) is 0 Å². The van der Waals surface area contributed by atoms with E-state index in [-0.39, 0.29) is 0 Å². The van der Waals surface area contributed by atoms with E-state index in [9.17, 15) is 5.11 Å². The second-order valence-corrected chi connectivity index (χ2v) is 5.02. The molecule has 0 spiro atoms. The van der Waals surface area contributed by atoms with Gasteiger partial charge in [0.2, 0.25) is 0 Å². The second-order valence-electron chi connectivity index (χ2n) is 5.02. The fourth-order valence-electron chi connectivity index (χ4n) is 2.29. The molecule has 1 fully saturated rings. The zero-order valence-electron chi connectivity index (χ0n) is 11.6. The van der Waals surface area contributed by atoms with Crippen molar-refractivity contribution in [2.75, 3.05) is 39.3 Å². The Morgan fingerprint density at radius 3 is 2.89 bits per heavy atom. The summed E-state index contributed by atoms with van der Waals surface area (Å²) in [6.07, 6.45) is 0.573. The van der Waals surface area contributed by atoms with Gasteiger partial charge in [0, 0.05) is 32.7 Å². The Hall–Kier alpha value is -1.10. The number of aryl methyl sites for hydroxylation is 1. The number of piperazine rings is 1. The van der Waals surface area contributed by atoms with Crippen molar-refractivity contribution in [2.45, 2.75) is 19.4 Å². The summed E-state index contributed by atoms with van der Waals surface area (Å²) >= 11 is 0. The van der Waals surface area contributed by atoms with Crippen molar-refractivity contribution in [3.8, 4) is 5.75 Å². The quantitative estimate of drug-likeness (QED) is 0.801. The van der Waals surface area contributed by atoms with Crippen LogP contribution in [0.2, 0.25) is 0 Å². The minimum absolute atomic E-state index is 0.358. The van der Waals surface area contributed by atoms with Gasteiger partial charge in [0.25, 0.3) is 0 Å². The Labute approximate surface area is 115 Å². The van der Waals surface area contributed by atoms with Gasteiger partial charge in [0.15, 0.2) is 0 Å². The fourth-order valence-corrected chi connectivity index (χ4v) is 2.29. The summed E-state index contributed by atoms with van der Waals surface area (Å²) in [5.41, 5.74) is 1.26. The fraction of sp³-hybridized carbons (Fsp3) is 0.600. The number of nitrogens with one attached hydrogen (secondary N) is 1. The third-order valence-corrected chi connectivity index (χ3v) is 3.43. The van der Waals surface area contributed by atoms with Gasteiger partial charge in [-0.1, -0.05) is 19.1 Å². The third-order valence-electron chi connectivity index (χ3n) is 3.43. The molecule has 1 aromatic rings. The Bertz CT molecular complexity index is 378. The number of nitrogens with zero attached hydrogens (tertiary/aromatic N) is 1. The minimum Gasteiger partial charge on any atom is -0.491 e. The van der Waals surface area contributed by atoms with Crippen molar-refractivity contribution in [3.63, 3.8) is 0 Å². The van der Waals surface area contributed by atoms with Crippen LogP contribution >= 0.6 is 0 Å². The number of hydrogen-bond acceptors (Lipinski definition) is 4. The van der Waals surface area contributed by atoms with Gasteiger partial charge in [-0.15, -0.1) is 0 Å². The predicted octanol–water partition coefficient (Wildman–Crippen LogP) is 0.894. The zero-order valence-corrected chi connectivity index (χ0v) is 11.6. The average Bonchev–Trinajstić information content (AvgIpc) is 2.46. The van der Waals surface area contributed by atoms with Gasteiger partial charge in [-0.3, -0.25) is 4.90 Å². The standard InChI is InChI=1S/C15H24N2O2/c1-2-13-4-3-5-15(10-13)19-12-14(18)11-17-8-6-16-7-9-17/h3-5,10,14,16,18H,2,6-9,11-12H2,1H3. The molecule has 1 saturated heterocycles. The van der Waals surface area contributed by atoms with Crippen molar-refractivity contribution >= 4 is 0 Å². The van der Waals surface area contributed by atoms with Gasteiger partial charge in [-0.25, -0.2) is 0 Å². The Balaban J connectivity index is 1.74. The van der Waals surface area contributed by atoms with Crippen LogP contribution in [0, 0.1) is 0 Å². The first-order valence-electron chi connectivity index (χ1n) is 7.11. The van der Waals surface area contributed by atoms with E-state index in [2.05, 4.69) is 23.2 Å². The van der Waals surface area contributed by atoms with Gasteiger partial charge < -0.3 is 15.2 Å². The van der Waals surface area contributed by atoms with Crippen molar-refractivity contribution in [2.24, 2.45) is 0 Å². The molecule has 1 aliphatic heterocycles. The molecule has 1 atom stereocenters. The van der Waals surface area contributed by atoms with E-state index in [1.54, 1.807) is 0 Å². The predicted molar refractivity (Wildman–Crippen MR) is 76.6 cm³/mol. The lowest BCUT2D eigenvalue weighted by Gasteiger charge is -2.29. The minimum atomic E-state index is -0.427. The van der Waals surface area contributed by atoms with Gasteiger partial charge in [0.1, 0.15) is 18.5 Å². The van der Waals surface area contributed by atoms with Crippen molar-refractivity contribution < 1.29 is 9.84 Å². The van der Waals surface area contributed by atoms with Crippen LogP contribution in [-0.4, -0.2) is 55.4 Å². The molecule has 0 radical (unpaired) electrons. The molecule has 0 bridgehead atoms. The van der Waals surface area contributed by atoms with Crippen molar-refractivity contribution in [3.05, 3.63) is 29.8 Å². The highest BCUT2D eigenvalue weighted by molar-refractivity contribution is 5.28. The second kappa shape index (κ2) is 7.48. The number of benzene rings is 1. The topological polar surface area (TPSA) is 44.7 Å². The van der Waals surface area contributed by atoms with Crippen LogP contribution in [0.1, 0.15) is 12.5 Å². The molecule has 0 aromatic heterocycles. The molecule has 4 heteroatoms. The summed E-state index contributed by atoms with van der Waals surface area (Å²) in [6, 6.07) is 8.06. The molecule has 19 heavy (non-hydrogen) atoms. The highest BCUT2D eigenvalue weighted by Gasteiger charge is 2.14. The van der Waals surface area contributed by atoms with E-state index < -0.39 is 6.10 Å². The van der Waals surface area contributed by atoms with Crippen LogP contribution in [0.15, 0.2) is 24.3 Å². The molecule has 1 aromatic carbocycles. The molecule has 0 amide bonds. The molecule has 2 N–H and O–H groups in total. The number of aliphatic hydroxyl groups is 1. The summed E-state index contributed by atoms with van der Waals surface area (Å²) in [5.74, 6) is 0.846. The van der Waals surface area contributed by atoms with E-state index in [0.29, 0.717) is 13.2 Å². The molecular weight excluding hydrogens is 240 g/mol. The van der Waals surface area contributed by atoms with Gasteiger partial charge in [-0.05, 0) is 24.1 Å². The summed E-state index contributed by atoms with van der Waals surface area (Å²) in [7, 11) is 0. The van der Waals surface area contributed by atoms with Gasteiger partial charge >= 0.3 is 0 Å².